The fourth-order valence-corrected chi connectivity index (χ4v) is 6.07. The van der Waals surface area contributed by atoms with Crippen molar-refractivity contribution in [3.05, 3.63) is 50.4 Å². The maximum atomic E-state index is 13.3. The summed E-state index contributed by atoms with van der Waals surface area (Å²) in [6, 6.07) is 7.04. The zero-order chi connectivity index (χ0) is 20.5. The molecule has 2 heterocycles. The lowest BCUT2D eigenvalue weighted by molar-refractivity contribution is -0.135. The second kappa shape index (κ2) is 8.67. The highest BCUT2D eigenvalue weighted by Gasteiger charge is 2.33. The van der Waals surface area contributed by atoms with E-state index in [0.717, 1.165) is 17.0 Å². The number of halogens is 3. The van der Waals surface area contributed by atoms with E-state index in [-0.39, 0.29) is 34.8 Å². The Morgan fingerprint density at radius 3 is 2.50 bits per heavy atom. The van der Waals surface area contributed by atoms with Gasteiger partial charge in [0.05, 0.1) is 20.8 Å². The van der Waals surface area contributed by atoms with E-state index in [0.29, 0.717) is 23.7 Å². The third-order valence-electron chi connectivity index (χ3n) is 4.73. The molecule has 2 aromatic rings. The molecule has 3 rings (SSSR count). The van der Waals surface area contributed by atoms with E-state index < -0.39 is 15.8 Å². The van der Waals surface area contributed by atoms with Crippen molar-refractivity contribution in [1.82, 2.24) is 9.21 Å². The molecule has 1 aliphatic heterocycles. The van der Waals surface area contributed by atoms with E-state index in [2.05, 4.69) is 0 Å². The number of rotatable bonds is 5. The highest BCUT2D eigenvalue weighted by molar-refractivity contribution is 7.89. The van der Waals surface area contributed by atoms with Crippen LogP contribution >= 0.6 is 34.5 Å². The molecule has 1 saturated heterocycles. The minimum absolute atomic E-state index is 0.00797. The molecule has 0 N–H and O–H groups in total. The Kier molecular flexibility index (Phi) is 6.66. The zero-order valence-electron chi connectivity index (χ0n) is 15.1. The summed E-state index contributed by atoms with van der Waals surface area (Å²) >= 11 is 13.1. The maximum absolute atomic E-state index is 13.3. The Bertz CT molecular complexity index is 973. The van der Waals surface area contributed by atoms with Gasteiger partial charge in [0.25, 0.3) is 0 Å². The van der Waals surface area contributed by atoms with Gasteiger partial charge in [0.2, 0.25) is 15.9 Å². The van der Waals surface area contributed by atoms with Crippen LogP contribution in [-0.4, -0.2) is 43.7 Å². The molecule has 0 spiro atoms. The number of piperidine rings is 1. The molecule has 0 radical (unpaired) electrons. The predicted octanol–water partition coefficient (Wildman–Crippen LogP) is 4.25. The van der Waals surface area contributed by atoms with Crippen molar-refractivity contribution in [2.45, 2.75) is 24.3 Å². The van der Waals surface area contributed by atoms with Crippen LogP contribution in [0, 0.1) is 11.7 Å². The molecule has 10 heteroatoms. The number of benzene rings is 1. The van der Waals surface area contributed by atoms with Gasteiger partial charge in [-0.3, -0.25) is 4.79 Å². The average Bonchev–Trinajstić information content (AvgIpc) is 3.08. The van der Waals surface area contributed by atoms with Gasteiger partial charge in [-0.2, -0.15) is 4.31 Å². The molecule has 1 amide bonds. The summed E-state index contributed by atoms with van der Waals surface area (Å²) in [5.41, 5.74) is 0. The molecule has 1 aliphatic rings. The van der Waals surface area contributed by atoms with Crippen molar-refractivity contribution in [2.24, 2.45) is 5.92 Å². The molecule has 0 aliphatic carbocycles. The molecule has 0 bridgehead atoms. The molecule has 0 atom stereocenters. The highest BCUT2D eigenvalue weighted by Crippen LogP contribution is 2.28. The Morgan fingerprint density at radius 1 is 1.25 bits per heavy atom. The summed E-state index contributed by atoms with van der Waals surface area (Å²) < 4.78 is 40.8. The molecule has 0 saturated carbocycles. The maximum Gasteiger partial charge on any atom is 0.243 e. The second-order valence-electron chi connectivity index (χ2n) is 6.65. The largest absolute Gasteiger partial charge is 0.340 e. The second-order valence-corrected chi connectivity index (χ2v) is 10.8. The lowest BCUT2D eigenvalue weighted by Gasteiger charge is -2.32. The summed E-state index contributed by atoms with van der Waals surface area (Å²) in [4.78, 5) is 15.3. The fraction of sp³-hybridized carbons (Fsp3) is 0.389. The molecule has 0 unspecified atom stereocenters. The van der Waals surface area contributed by atoms with Crippen LogP contribution in [0.1, 0.15) is 17.7 Å². The molecule has 28 heavy (non-hydrogen) atoms. The van der Waals surface area contributed by atoms with Crippen LogP contribution in [-0.2, 0) is 21.4 Å². The SMILES string of the molecule is CN(Cc1ccc(Cl)s1)C(=O)C1CCN(S(=O)(=O)c2ccc(F)c(Cl)c2)CC1. The number of thiophene rings is 1. The number of hydrogen-bond donors (Lipinski definition) is 0. The van der Waals surface area contributed by atoms with E-state index in [1.807, 2.05) is 6.07 Å². The van der Waals surface area contributed by atoms with Crippen LogP contribution in [0.5, 0.6) is 0 Å². The number of amides is 1. The van der Waals surface area contributed by atoms with Gasteiger partial charge in [-0.1, -0.05) is 23.2 Å². The minimum atomic E-state index is -3.77. The van der Waals surface area contributed by atoms with Gasteiger partial charge in [0.15, 0.2) is 0 Å². The van der Waals surface area contributed by atoms with Gasteiger partial charge in [-0.25, -0.2) is 12.8 Å². The zero-order valence-corrected chi connectivity index (χ0v) is 18.2. The van der Waals surface area contributed by atoms with Crippen molar-refractivity contribution >= 4 is 50.5 Å². The average molecular weight is 465 g/mol. The van der Waals surface area contributed by atoms with E-state index in [1.54, 1.807) is 18.0 Å². The monoisotopic (exact) mass is 464 g/mol. The normalized spacial score (nSPS) is 16.3. The Morgan fingerprint density at radius 2 is 1.93 bits per heavy atom. The van der Waals surface area contributed by atoms with Crippen LogP contribution in [0.4, 0.5) is 4.39 Å². The molecule has 1 fully saturated rings. The number of carbonyl (C=O) groups is 1. The Balaban J connectivity index is 1.61. The molecule has 1 aromatic heterocycles. The van der Waals surface area contributed by atoms with E-state index in [1.165, 1.54) is 21.7 Å². The number of nitrogens with zero attached hydrogens (tertiary/aromatic N) is 2. The van der Waals surface area contributed by atoms with Gasteiger partial charge < -0.3 is 4.90 Å². The Labute approximate surface area is 177 Å². The predicted molar refractivity (Wildman–Crippen MR) is 109 cm³/mol. The summed E-state index contributed by atoms with van der Waals surface area (Å²) in [5.74, 6) is -0.907. The molecular weight excluding hydrogens is 446 g/mol. The van der Waals surface area contributed by atoms with Crippen molar-refractivity contribution in [2.75, 3.05) is 20.1 Å². The summed E-state index contributed by atoms with van der Waals surface area (Å²) in [6.07, 6.45) is 0.866. The number of carbonyl (C=O) groups excluding carboxylic acids is 1. The smallest absolute Gasteiger partial charge is 0.243 e. The van der Waals surface area contributed by atoms with Crippen molar-refractivity contribution < 1.29 is 17.6 Å². The van der Waals surface area contributed by atoms with Gasteiger partial charge in [-0.05, 0) is 43.2 Å². The molecular formula is C18H19Cl2FN2O3S2. The quantitative estimate of drug-likeness (QED) is 0.664. The first-order chi connectivity index (χ1) is 13.2. The van der Waals surface area contributed by atoms with Gasteiger partial charge in [-0.15, -0.1) is 11.3 Å². The van der Waals surface area contributed by atoms with Crippen LogP contribution < -0.4 is 0 Å². The third kappa shape index (κ3) is 4.68. The summed E-state index contributed by atoms with van der Waals surface area (Å²) in [6.45, 7) is 0.932. The van der Waals surface area contributed by atoms with Crippen LogP contribution in [0.3, 0.4) is 0 Å². The minimum Gasteiger partial charge on any atom is -0.340 e. The standard InChI is InChI=1S/C18H19Cl2FN2O3S2/c1-22(11-13-2-5-17(20)27-13)18(24)12-6-8-23(9-7-12)28(25,26)14-3-4-16(21)15(19)10-14/h2-5,10,12H,6-9,11H2,1H3. The third-order valence-corrected chi connectivity index (χ3v) is 8.13. The number of hydrogen-bond acceptors (Lipinski definition) is 4. The molecule has 5 nitrogen and oxygen atoms in total. The number of sulfonamides is 1. The van der Waals surface area contributed by atoms with Crippen LogP contribution in [0.2, 0.25) is 9.36 Å². The van der Waals surface area contributed by atoms with Gasteiger partial charge >= 0.3 is 0 Å². The van der Waals surface area contributed by atoms with Crippen molar-refractivity contribution in [1.29, 1.82) is 0 Å². The van der Waals surface area contributed by atoms with Gasteiger partial charge in [0.1, 0.15) is 5.82 Å². The van der Waals surface area contributed by atoms with Crippen LogP contribution in [0.15, 0.2) is 35.2 Å². The topological polar surface area (TPSA) is 57.7 Å². The first-order valence-electron chi connectivity index (χ1n) is 8.63. The van der Waals surface area contributed by atoms with E-state index >= 15 is 0 Å². The molecule has 1 aromatic carbocycles. The van der Waals surface area contributed by atoms with Crippen molar-refractivity contribution in [3.8, 4) is 0 Å². The first kappa shape index (κ1) is 21.5. The Hall–Kier alpha value is -1.19. The fourth-order valence-electron chi connectivity index (χ4n) is 3.19. The van der Waals surface area contributed by atoms with E-state index in [9.17, 15) is 17.6 Å². The first-order valence-corrected chi connectivity index (χ1v) is 11.6. The lowest BCUT2D eigenvalue weighted by atomic mass is 9.96. The van der Waals surface area contributed by atoms with Crippen molar-refractivity contribution in [3.63, 3.8) is 0 Å². The van der Waals surface area contributed by atoms with Crippen LogP contribution in [0.25, 0.3) is 0 Å². The summed E-state index contributed by atoms with van der Waals surface area (Å²) in [7, 11) is -2.04. The molecule has 152 valence electrons. The lowest BCUT2D eigenvalue weighted by Crippen LogP contribution is -2.43. The van der Waals surface area contributed by atoms with Gasteiger partial charge in [0, 0.05) is 30.9 Å². The highest BCUT2D eigenvalue weighted by atomic mass is 35.5. The summed E-state index contributed by atoms with van der Waals surface area (Å²) in [5, 5.41) is -0.235. The van der Waals surface area contributed by atoms with E-state index in [4.69, 9.17) is 23.2 Å².